The number of ether oxygens (including phenoxy) is 1. The van der Waals surface area contributed by atoms with Gasteiger partial charge in [0.1, 0.15) is 11.2 Å². The molecule has 29 heavy (non-hydrogen) atoms. The first kappa shape index (κ1) is 21.2. The SMILES string of the molecule is CC(C)(C)OC(=O)NC1CCC(O)(C#Cc2cc(Cl)cc3ccc(=O)oc23)CC1. The van der Waals surface area contributed by atoms with E-state index in [-0.39, 0.29) is 6.04 Å². The minimum atomic E-state index is -1.18. The Bertz CT molecular complexity index is 1030. The van der Waals surface area contributed by atoms with Gasteiger partial charge in [0, 0.05) is 22.5 Å². The van der Waals surface area contributed by atoms with Crippen LogP contribution in [0.5, 0.6) is 0 Å². The smallest absolute Gasteiger partial charge is 0.407 e. The fourth-order valence-corrected chi connectivity index (χ4v) is 3.49. The van der Waals surface area contributed by atoms with Crippen molar-refractivity contribution in [2.24, 2.45) is 0 Å². The third-order valence-electron chi connectivity index (χ3n) is 4.65. The van der Waals surface area contributed by atoms with E-state index in [1.54, 1.807) is 18.2 Å². The summed E-state index contributed by atoms with van der Waals surface area (Å²) < 4.78 is 10.5. The van der Waals surface area contributed by atoms with Crippen molar-refractivity contribution in [2.45, 2.75) is 63.7 Å². The molecular formula is C22H24ClNO5. The summed E-state index contributed by atoms with van der Waals surface area (Å²) in [5.74, 6) is 5.83. The summed E-state index contributed by atoms with van der Waals surface area (Å²) >= 11 is 6.13. The quantitative estimate of drug-likeness (QED) is 0.540. The van der Waals surface area contributed by atoms with E-state index in [0.29, 0.717) is 47.2 Å². The van der Waals surface area contributed by atoms with E-state index in [9.17, 15) is 14.7 Å². The molecule has 1 fully saturated rings. The third-order valence-corrected chi connectivity index (χ3v) is 4.87. The molecule has 0 spiro atoms. The molecule has 1 amide bonds. The normalized spacial score (nSPS) is 21.9. The second-order valence-corrected chi connectivity index (χ2v) is 8.76. The van der Waals surface area contributed by atoms with Crippen LogP contribution in [-0.2, 0) is 4.74 Å². The van der Waals surface area contributed by atoms with Crippen molar-refractivity contribution >= 4 is 28.7 Å². The van der Waals surface area contributed by atoms with Gasteiger partial charge in [0.2, 0.25) is 0 Å². The Hall–Kier alpha value is -2.49. The molecule has 7 heteroatoms. The molecule has 1 aliphatic carbocycles. The number of benzene rings is 1. The van der Waals surface area contributed by atoms with Crippen LogP contribution in [-0.4, -0.2) is 28.4 Å². The highest BCUT2D eigenvalue weighted by Gasteiger charge is 2.33. The third kappa shape index (κ3) is 5.75. The number of halogens is 1. The lowest BCUT2D eigenvalue weighted by atomic mass is 9.82. The number of alkyl carbamates (subject to hydrolysis) is 1. The molecule has 0 unspecified atom stereocenters. The first-order valence-electron chi connectivity index (χ1n) is 9.51. The first-order valence-corrected chi connectivity index (χ1v) is 9.89. The summed E-state index contributed by atoms with van der Waals surface area (Å²) in [6.45, 7) is 5.43. The van der Waals surface area contributed by atoms with E-state index >= 15 is 0 Å². The molecule has 1 aromatic carbocycles. The first-order chi connectivity index (χ1) is 13.5. The summed E-state index contributed by atoms with van der Waals surface area (Å²) in [5, 5.41) is 14.8. The monoisotopic (exact) mass is 417 g/mol. The zero-order chi connectivity index (χ0) is 21.2. The summed E-state index contributed by atoms with van der Waals surface area (Å²) in [6.07, 6.45) is 1.51. The van der Waals surface area contributed by atoms with Gasteiger partial charge in [-0.05, 0) is 64.7 Å². The van der Waals surface area contributed by atoms with E-state index in [2.05, 4.69) is 17.2 Å². The molecule has 0 atom stereocenters. The van der Waals surface area contributed by atoms with Gasteiger partial charge in [0.05, 0.1) is 5.56 Å². The zero-order valence-electron chi connectivity index (χ0n) is 16.7. The van der Waals surface area contributed by atoms with Gasteiger partial charge in [0.15, 0.2) is 5.58 Å². The molecule has 1 aromatic heterocycles. The van der Waals surface area contributed by atoms with Gasteiger partial charge >= 0.3 is 11.7 Å². The van der Waals surface area contributed by atoms with E-state index in [1.807, 2.05) is 20.8 Å². The number of aliphatic hydroxyl groups is 1. The lowest BCUT2D eigenvalue weighted by molar-refractivity contribution is 0.0343. The highest BCUT2D eigenvalue weighted by Crippen LogP contribution is 2.29. The van der Waals surface area contributed by atoms with Crippen molar-refractivity contribution in [2.75, 3.05) is 0 Å². The Balaban J connectivity index is 1.71. The topological polar surface area (TPSA) is 88.8 Å². The summed E-state index contributed by atoms with van der Waals surface area (Å²) in [4.78, 5) is 23.5. The number of amides is 1. The van der Waals surface area contributed by atoms with Gasteiger partial charge in [-0.15, -0.1) is 0 Å². The van der Waals surface area contributed by atoms with Gasteiger partial charge in [-0.3, -0.25) is 0 Å². The van der Waals surface area contributed by atoms with E-state index < -0.39 is 22.9 Å². The van der Waals surface area contributed by atoms with Crippen LogP contribution in [0.4, 0.5) is 4.79 Å². The van der Waals surface area contributed by atoms with E-state index in [4.69, 9.17) is 20.8 Å². The van der Waals surface area contributed by atoms with Crippen LogP contribution in [0.15, 0.2) is 33.5 Å². The van der Waals surface area contributed by atoms with Crippen molar-refractivity contribution in [3.05, 3.63) is 45.3 Å². The molecule has 0 saturated heterocycles. The fraction of sp³-hybridized carbons (Fsp3) is 0.455. The Morgan fingerprint density at radius 3 is 2.66 bits per heavy atom. The van der Waals surface area contributed by atoms with Crippen LogP contribution in [0.2, 0.25) is 5.02 Å². The zero-order valence-corrected chi connectivity index (χ0v) is 17.4. The van der Waals surface area contributed by atoms with Gasteiger partial charge < -0.3 is 19.6 Å². The van der Waals surface area contributed by atoms with E-state index in [1.165, 1.54) is 6.07 Å². The summed E-state index contributed by atoms with van der Waals surface area (Å²) in [6, 6.07) is 6.17. The minimum absolute atomic E-state index is 0.0723. The van der Waals surface area contributed by atoms with Crippen LogP contribution in [0, 0.1) is 11.8 Å². The van der Waals surface area contributed by atoms with Crippen molar-refractivity contribution < 1.29 is 19.1 Å². The van der Waals surface area contributed by atoms with Crippen molar-refractivity contribution in [1.29, 1.82) is 0 Å². The second-order valence-electron chi connectivity index (χ2n) is 8.33. The molecule has 1 heterocycles. The van der Waals surface area contributed by atoms with Gasteiger partial charge in [-0.25, -0.2) is 9.59 Å². The average Bonchev–Trinajstić information content (AvgIpc) is 2.61. The number of nitrogens with one attached hydrogen (secondary N) is 1. The number of hydrogen-bond donors (Lipinski definition) is 2. The predicted molar refractivity (Wildman–Crippen MR) is 111 cm³/mol. The van der Waals surface area contributed by atoms with Crippen LogP contribution < -0.4 is 10.9 Å². The largest absolute Gasteiger partial charge is 0.444 e. The lowest BCUT2D eigenvalue weighted by Gasteiger charge is -2.33. The standard InChI is InChI=1S/C22H24ClNO5/c1-21(2,3)29-20(26)24-17-7-10-22(27,11-8-17)9-6-15-13-16(23)12-14-4-5-18(25)28-19(14)15/h4-5,12-13,17,27H,7-8,10-11H2,1-3H3,(H,24,26). The van der Waals surface area contributed by atoms with Crippen molar-refractivity contribution in [3.8, 4) is 11.8 Å². The highest BCUT2D eigenvalue weighted by atomic mass is 35.5. The highest BCUT2D eigenvalue weighted by molar-refractivity contribution is 6.31. The molecule has 6 nitrogen and oxygen atoms in total. The Morgan fingerprint density at radius 2 is 2.00 bits per heavy atom. The Labute approximate surface area is 174 Å². The molecule has 154 valence electrons. The predicted octanol–water partition coefficient (Wildman–Crippen LogP) is 4.00. The van der Waals surface area contributed by atoms with Crippen molar-refractivity contribution in [1.82, 2.24) is 5.32 Å². The van der Waals surface area contributed by atoms with Crippen molar-refractivity contribution in [3.63, 3.8) is 0 Å². The molecule has 2 aromatic rings. The molecule has 0 bridgehead atoms. The van der Waals surface area contributed by atoms with Gasteiger partial charge in [-0.1, -0.05) is 23.4 Å². The number of carbonyl (C=O) groups is 1. The maximum atomic E-state index is 11.9. The van der Waals surface area contributed by atoms with Gasteiger partial charge in [0.25, 0.3) is 0 Å². The molecule has 0 aliphatic heterocycles. The Kier molecular flexibility index (Phi) is 5.92. The van der Waals surface area contributed by atoms with Crippen LogP contribution in [0.25, 0.3) is 11.0 Å². The molecule has 0 radical (unpaired) electrons. The molecular weight excluding hydrogens is 394 g/mol. The lowest BCUT2D eigenvalue weighted by Crippen LogP contribution is -2.44. The molecule has 3 rings (SSSR count). The summed E-state index contributed by atoms with van der Waals surface area (Å²) in [7, 11) is 0. The molecule has 1 saturated carbocycles. The minimum Gasteiger partial charge on any atom is -0.444 e. The summed E-state index contributed by atoms with van der Waals surface area (Å²) in [5.41, 5.74) is -1.42. The fourth-order valence-electron chi connectivity index (χ4n) is 3.26. The number of fused-ring (bicyclic) bond motifs is 1. The van der Waals surface area contributed by atoms with Crippen LogP contribution in [0.3, 0.4) is 0 Å². The molecule has 1 aliphatic rings. The van der Waals surface area contributed by atoms with E-state index in [0.717, 1.165) is 0 Å². The number of hydrogen-bond acceptors (Lipinski definition) is 5. The molecule has 2 N–H and O–H groups in total. The maximum absolute atomic E-state index is 11.9. The Morgan fingerprint density at radius 1 is 1.31 bits per heavy atom. The second kappa shape index (κ2) is 8.10. The number of rotatable bonds is 1. The maximum Gasteiger partial charge on any atom is 0.407 e. The van der Waals surface area contributed by atoms with Crippen LogP contribution >= 0.6 is 11.6 Å². The van der Waals surface area contributed by atoms with Gasteiger partial charge in [-0.2, -0.15) is 0 Å². The number of carbonyl (C=O) groups excluding carboxylic acids is 1. The van der Waals surface area contributed by atoms with Crippen LogP contribution in [0.1, 0.15) is 52.0 Å². The average molecular weight is 418 g/mol.